The van der Waals surface area contributed by atoms with Crippen LogP contribution in [0.15, 0.2) is 43.5 Å². The SMILES string of the molecule is CC(C)c1cccc(C(C)C)c1[N]=[Re](=[O])=[N]c1c(C(C)C)cccc1C(C)C. The number of hydrogen-bond donors (Lipinski definition) is 0. The molecule has 28 heavy (non-hydrogen) atoms. The van der Waals surface area contributed by atoms with Crippen molar-refractivity contribution in [3.63, 3.8) is 0 Å². The van der Waals surface area contributed by atoms with Crippen LogP contribution in [-0.2, 0) is 19.8 Å². The van der Waals surface area contributed by atoms with Crippen LogP contribution in [0.1, 0.15) is 101 Å². The fourth-order valence-electron chi connectivity index (χ4n) is 3.38. The summed E-state index contributed by atoms with van der Waals surface area (Å²) >= 11 is -3.45. The summed E-state index contributed by atoms with van der Waals surface area (Å²) < 4.78 is 22.7. The molecule has 0 aliphatic carbocycles. The van der Waals surface area contributed by atoms with E-state index in [0.717, 1.165) is 33.6 Å². The van der Waals surface area contributed by atoms with E-state index >= 15 is 0 Å². The van der Waals surface area contributed by atoms with Gasteiger partial charge in [0, 0.05) is 0 Å². The minimum absolute atomic E-state index is 0.334. The Morgan fingerprint density at radius 2 is 0.821 bits per heavy atom. The van der Waals surface area contributed by atoms with Crippen LogP contribution in [-0.4, -0.2) is 0 Å². The topological polar surface area (TPSA) is 41.8 Å². The van der Waals surface area contributed by atoms with Crippen LogP contribution in [0.4, 0.5) is 11.4 Å². The minimum atomic E-state index is -3.45. The van der Waals surface area contributed by atoms with E-state index in [-0.39, 0.29) is 0 Å². The van der Waals surface area contributed by atoms with Gasteiger partial charge in [-0.15, -0.1) is 0 Å². The molecular weight excluding hydrogens is 518 g/mol. The molecule has 0 bridgehead atoms. The Bertz CT molecular complexity index is 842. The second-order valence-electron chi connectivity index (χ2n) is 8.57. The molecule has 0 spiro atoms. The van der Waals surface area contributed by atoms with Gasteiger partial charge in [-0.05, 0) is 0 Å². The van der Waals surface area contributed by atoms with Gasteiger partial charge in [0.05, 0.1) is 0 Å². The third kappa shape index (κ3) is 5.31. The molecule has 2 aromatic carbocycles. The van der Waals surface area contributed by atoms with Gasteiger partial charge in [0.2, 0.25) is 0 Å². The summed E-state index contributed by atoms with van der Waals surface area (Å²) in [6.07, 6.45) is 0. The standard InChI is InChI=1S/2C12H17N.O.Re/c2*1-8(2)10-6-5-7-11(9(3)4)12(10)13;;/h2*5-9H,1-4H3;;. The van der Waals surface area contributed by atoms with Crippen molar-refractivity contribution in [2.75, 3.05) is 0 Å². The van der Waals surface area contributed by atoms with Crippen molar-refractivity contribution in [3.8, 4) is 0 Å². The van der Waals surface area contributed by atoms with Crippen molar-refractivity contribution in [3.05, 3.63) is 58.7 Å². The molecule has 0 aliphatic rings. The van der Waals surface area contributed by atoms with Crippen molar-refractivity contribution in [1.29, 1.82) is 0 Å². The fourth-order valence-corrected chi connectivity index (χ4v) is 5.96. The Labute approximate surface area is 175 Å². The Morgan fingerprint density at radius 1 is 0.571 bits per heavy atom. The predicted molar refractivity (Wildman–Crippen MR) is 114 cm³/mol. The monoisotopic (exact) mass is 553 g/mol. The summed E-state index contributed by atoms with van der Waals surface area (Å²) in [5.41, 5.74) is 6.45. The van der Waals surface area contributed by atoms with E-state index < -0.39 is 16.3 Å². The first-order chi connectivity index (χ1) is 13.1. The van der Waals surface area contributed by atoms with Crippen LogP contribution in [0, 0.1) is 0 Å². The molecular formula is C24H34N2ORe. The average molecular weight is 553 g/mol. The molecule has 0 N–H and O–H groups in total. The molecule has 0 saturated carbocycles. The van der Waals surface area contributed by atoms with Crippen molar-refractivity contribution in [2.45, 2.75) is 79.1 Å². The van der Waals surface area contributed by atoms with Gasteiger partial charge < -0.3 is 0 Å². The molecule has 2 rings (SSSR count). The van der Waals surface area contributed by atoms with Gasteiger partial charge in [0.1, 0.15) is 0 Å². The van der Waals surface area contributed by atoms with Crippen molar-refractivity contribution < 1.29 is 19.8 Å². The summed E-state index contributed by atoms with van der Waals surface area (Å²) in [5, 5.41) is 0. The zero-order chi connectivity index (χ0) is 21.0. The molecule has 0 unspecified atom stereocenters. The second-order valence-corrected chi connectivity index (χ2v) is 11.3. The van der Waals surface area contributed by atoms with Crippen LogP contribution in [0.3, 0.4) is 0 Å². The molecule has 2 aromatic rings. The third-order valence-electron chi connectivity index (χ3n) is 5.00. The van der Waals surface area contributed by atoms with Gasteiger partial charge >= 0.3 is 176 Å². The zero-order valence-corrected chi connectivity index (χ0v) is 21.2. The van der Waals surface area contributed by atoms with E-state index in [4.69, 9.17) is 7.14 Å². The maximum absolute atomic E-state index is 13.2. The number of rotatable bonds is 6. The van der Waals surface area contributed by atoms with Crippen LogP contribution in [0.2, 0.25) is 0 Å². The van der Waals surface area contributed by atoms with Crippen LogP contribution < -0.4 is 0 Å². The average Bonchev–Trinajstić information content (AvgIpc) is 2.61. The molecule has 0 heterocycles. The zero-order valence-electron chi connectivity index (χ0n) is 18.5. The second kappa shape index (κ2) is 9.81. The van der Waals surface area contributed by atoms with E-state index in [1.165, 1.54) is 0 Å². The van der Waals surface area contributed by atoms with Crippen LogP contribution in [0.5, 0.6) is 0 Å². The summed E-state index contributed by atoms with van der Waals surface area (Å²) in [5.74, 6) is 1.34. The number of hydrogen-bond acceptors (Lipinski definition) is 3. The summed E-state index contributed by atoms with van der Waals surface area (Å²) in [4.78, 5) is 0. The summed E-state index contributed by atoms with van der Waals surface area (Å²) in [7, 11) is 0. The van der Waals surface area contributed by atoms with Crippen LogP contribution in [0.25, 0.3) is 0 Å². The number of nitrogens with zero attached hydrogens (tertiary/aromatic N) is 2. The molecule has 0 atom stereocenters. The third-order valence-corrected chi connectivity index (χ3v) is 7.25. The van der Waals surface area contributed by atoms with E-state index in [1.807, 2.05) is 0 Å². The van der Waals surface area contributed by atoms with Gasteiger partial charge in [-0.2, -0.15) is 0 Å². The summed E-state index contributed by atoms with van der Waals surface area (Å²) in [6.45, 7) is 17.3. The summed E-state index contributed by atoms with van der Waals surface area (Å²) in [6, 6.07) is 12.6. The molecule has 0 aromatic heterocycles. The van der Waals surface area contributed by atoms with Gasteiger partial charge in [-0.3, -0.25) is 0 Å². The maximum atomic E-state index is 13.2. The molecule has 4 heteroatoms. The van der Waals surface area contributed by atoms with Crippen molar-refractivity contribution in [1.82, 2.24) is 0 Å². The fraction of sp³-hybridized carbons (Fsp3) is 0.500. The van der Waals surface area contributed by atoms with E-state index in [0.29, 0.717) is 23.7 Å². The first kappa shape index (κ1) is 22.8. The molecule has 0 radical (unpaired) electrons. The molecule has 0 aliphatic heterocycles. The first-order valence-corrected chi connectivity index (χ1v) is 13.7. The van der Waals surface area contributed by atoms with E-state index in [9.17, 15) is 3.47 Å². The van der Waals surface area contributed by atoms with Gasteiger partial charge in [0.25, 0.3) is 0 Å². The predicted octanol–water partition coefficient (Wildman–Crippen LogP) is 8.47. The molecule has 3 nitrogen and oxygen atoms in total. The van der Waals surface area contributed by atoms with Crippen molar-refractivity contribution in [2.24, 2.45) is 7.14 Å². The van der Waals surface area contributed by atoms with E-state index in [2.05, 4.69) is 91.8 Å². The molecule has 0 fully saturated rings. The normalized spacial score (nSPS) is 11.6. The Morgan fingerprint density at radius 3 is 1.04 bits per heavy atom. The Hall–Kier alpha value is -1.50. The molecule has 0 amide bonds. The van der Waals surface area contributed by atoms with Crippen molar-refractivity contribution >= 4 is 11.4 Å². The Balaban J connectivity index is 2.75. The quantitative estimate of drug-likeness (QED) is 0.354. The van der Waals surface area contributed by atoms with E-state index in [1.54, 1.807) is 0 Å². The van der Waals surface area contributed by atoms with Gasteiger partial charge in [-0.25, -0.2) is 0 Å². The van der Waals surface area contributed by atoms with Gasteiger partial charge in [-0.1, -0.05) is 0 Å². The van der Waals surface area contributed by atoms with Gasteiger partial charge in [0.15, 0.2) is 0 Å². The van der Waals surface area contributed by atoms with Crippen LogP contribution >= 0.6 is 0 Å². The molecule has 153 valence electrons. The Kier molecular flexibility index (Phi) is 7.99. The molecule has 0 saturated heterocycles. The number of benzene rings is 2. The first-order valence-electron chi connectivity index (χ1n) is 10.2.